The zero-order chi connectivity index (χ0) is 30.6. The SMILES string of the molecule is CCCCCCCCCc1ccnc(-c2cc(CCCCCCCCC)ccn2)c1.Cc1ccc(C(C)C)c(Cl)c1Cl.[Ru]. The standard InChI is InChI=1S/C28H44N2.C10H12Cl2.Ru/c1-3-5-7-9-11-13-15-17-25-19-21-29-27(23-25)28-24-26(20-22-30-28)18-16-14-12-10-8-6-4-2;1-6(2)8-5-4-7(3)9(11)10(8)12;/h19-24H,3-18H2,1-2H3;4-6H,1-3H3;. The number of aryl methyl sites for hydroxylation is 3. The monoisotopic (exact) mass is 712 g/mol. The molecule has 0 radical (unpaired) electrons. The number of hydrogen-bond donors (Lipinski definition) is 0. The van der Waals surface area contributed by atoms with Crippen molar-refractivity contribution in [3.05, 3.63) is 81.1 Å². The summed E-state index contributed by atoms with van der Waals surface area (Å²) < 4.78 is 0. The number of pyridine rings is 2. The molecule has 2 nitrogen and oxygen atoms in total. The second-order valence-electron chi connectivity index (χ2n) is 12.1. The minimum Gasteiger partial charge on any atom is -0.255 e. The van der Waals surface area contributed by atoms with E-state index in [9.17, 15) is 0 Å². The van der Waals surface area contributed by atoms with Crippen molar-refractivity contribution < 1.29 is 19.5 Å². The van der Waals surface area contributed by atoms with Gasteiger partial charge in [0.2, 0.25) is 0 Å². The van der Waals surface area contributed by atoms with Gasteiger partial charge in [-0.1, -0.05) is 140 Å². The third-order valence-electron chi connectivity index (χ3n) is 7.98. The summed E-state index contributed by atoms with van der Waals surface area (Å²) >= 11 is 12.1. The maximum atomic E-state index is 6.06. The molecule has 3 aromatic rings. The summed E-state index contributed by atoms with van der Waals surface area (Å²) in [5.41, 5.74) is 6.99. The number of nitrogens with zero attached hydrogens (tertiary/aromatic N) is 2. The molecule has 0 saturated heterocycles. The predicted molar refractivity (Wildman–Crippen MR) is 186 cm³/mol. The van der Waals surface area contributed by atoms with Crippen molar-refractivity contribution >= 4 is 23.2 Å². The van der Waals surface area contributed by atoms with E-state index in [4.69, 9.17) is 23.2 Å². The van der Waals surface area contributed by atoms with Crippen molar-refractivity contribution in [1.29, 1.82) is 0 Å². The fraction of sp³-hybridized carbons (Fsp3) is 0.579. The third-order valence-corrected chi connectivity index (χ3v) is 8.97. The van der Waals surface area contributed by atoms with Crippen LogP contribution >= 0.6 is 23.2 Å². The van der Waals surface area contributed by atoms with Crippen molar-refractivity contribution in [2.45, 2.75) is 143 Å². The van der Waals surface area contributed by atoms with E-state index in [2.05, 4.69) is 61.9 Å². The Morgan fingerprint density at radius 1 is 0.581 bits per heavy atom. The first kappa shape index (κ1) is 39.7. The van der Waals surface area contributed by atoms with Gasteiger partial charge in [0.1, 0.15) is 0 Å². The molecule has 0 atom stereocenters. The summed E-state index contributed by atoms with van der Waals surface area (Å²) in [6.45, 7) is 10.7. The van der Waals surface area contributed by atoms with Crippen LogP contribution in [0.1, 0.15) is 146 Å². The van der Waals surface area contributed by atoms with Gasteiger partial charge in [0.05, 0.1) is 21.4 Å². The fourth-order valence-electron chi connectivity index (χ4n) is 5.22. The van der Waals surface area contributed by atoms with E-state index < -0.39 is 0 Å². The molecule has 43 heavy (non-hydrogen) atoms. The number of aromatic nitrogens is 2. The van der Waals surface area contributed by atoms with Gasteiger partial charge < -0.3 is 0 Å². The molecule has 0 saturated carbocycles. The van der Waals surface area contributed by atoms with Crippen molar-refractivity contribution in [2.75, 3.05) is 0 Å². The summed E-state index contributed by atoms with van der Waals surface area (Å²) in [6, 6.07) is 12.9. The Kier molecular flexibility index (Phi) is 22.2. The van der Waals surface area contributed by atoms with E-state index in [1.807, 2.05) is 31.5 Å². The average molecular weight is 713 g/mol. The second-order valence-corrected chi connectivity index (χ2v) is 12.9. The minimum absolute atomic E-state index is 0. The maximum Gasteiger partial charge on any atom is 0.0888 e. The van der Waals surface area contributed by atoms with E-state index >= 15 is 0 Å². The van der Waals surface area contributed by atoms with Crippen LogP contribution in [0.3, 0.4) is 0 Å². The summed E-state index contributed by atoms with van der Waals surface area (Å²) in [6.07, 6.45) is 25.2. The van der Waals surface area contributed by atoms with Crippen LogP contribution in [0.4, 0.5) is 0 Å². The Labute approximate surface area is 287 Å². The normalized spacial score (nSPS) is 10.8. The molecule has 2 aromatic heterocycles. The summed E-state index contributed by atoms with van der Waals surface area (Å²) in [5, 5.41) is 1.38. The zero-order valence-electron chi connectivity index (χ0n) is 27.5. The topological polar surface area (TPSA) is 25.8 Å². The molecule has 0 amide bonds. The fourth-order valence-corrected chi connectivity index (χ4v) is 5.82. The molecule has 240 valence electrons. The first-order valence-electron chi connectivity index (χ1n) is 16.7. The Bertz CT molecular complexity index is 1090. The van der Waals surface area contributed by atoms with E-state index in [1.54, 1.807) is 0 Å². The quantitative estimate of drug-likeness (QED) is 0.0969. The molecule has 0 aliphatic rings. The van der Waals surface area contributed by atoms with Crippen molar-refractivity contribution in [3.63, 3.8) is 0 Å². The van der Waals surface area contributed by atoms with Gasteiger partial charge in [-0.05, 0) is 85.0 Å². The van der Waals surface area contributed by atoms with Gasteiger partial charge in [-0.25, -0.2) is 0 Å². The van der Waals surface area contributed by atoms with Crippen molar-refractivity contribution in [1.82, 2.24) is 9.97 Å². The molecule has 3 rings (SSSR count). The molecule has 0 aliphatic heterocycles. The molecule has 2 heterocycles. The zero-order valence-corrected chi connectivity index (χ0v) is 30.8. The van der Waals surface area contributed by atoms with Gasteiger partial charge in [0, 0.05) is 31.9 Å². The molecule has 0 N–H and O–H groups in total. The molecule has 0 aliphatic carbocycles. The van der Waals surface area contributed by atoms with Gasteiger partial charge >= 0.3 is 0 Å². The van der Waals surface area contributed by atoms with Crippen LogP contribution in [0.5, 0.6) is 0 Å². The van der Waals surface area contributed by atoms with Crippen LogP contribution in [0.15, 0.2) is 48.8 Å². The number of rotatable bonds is 18. The average Bonchev–Trinajstić information content (AvgIpc) is 2.99. The van der Waals surface area contributed by atoms with E-state index in [0.29, 0.717) is 16.0 Å². The molecule has 0 bridgehead atoms. The summed E-state index contributed by atoms with van der Waals surface area (Å²) in [7, 11) is 0. The Morgan fingerprint density at radius 2 is 1.00 bits per heavy atom. The van der Waals surface area contributed by atoms with E-state index in [1.165, 1.54) is 101 Å². The first-order chi connectivity index (χ1) is 20.4. The molecule has 0 spiro atoms. The van der Waals surface area contributed by atoms with Crippen molar-refractivity contribution in [2.24, 2.45) is 0 Å². The number of benzene rings is 1. The second kappa shape index (κ2) is 24.0. The van der Waals surface area contributed by atoms with Gasteiger partial charge in [-0.3, -0.25) is 9.97 Å². The Morgan fingerprint density at radius 3 is 1.42 bits per heavy atom. The third kappa shape index (κ3) is 16.0. The smallest absolute Gasteiger partial charge is 0.0888 e. The largest absolute Gasteiger partial charge is 0.255 e. The number of halogens is 2. The number of hydrogen-bond acceptors (Lipinski definition) is 2. The van der Waals surface area contributed by atoms with Crippen LogP contribution < -0.4 is 0 Å². The van der Waals surface area contributed by atoms with Gasteiger partial charge in [0.25, 0.3) is 0 Å². The summed E-state index contributed by atoms with van der Waals surface area (Å²) in [5.74, 6) is 0.426. The molecule has 1 aromatic carbocycles. The molecular weight excluding hydrogens is 656 g/mol. The van der Waals surface area contributed by atoms with E-state index in [-0.39, 0.29) is 19.5 Å². The van der Waals surface area contributed by atoms with Crippen LogP contribution in [-0.2, 0) is 32.3 Å². The van der Waals surface area contributed by atoms with Gasteiger partial charge in [-0.15, -0.1) is 0 Å². The minimum atomic E-state index is 0. The van der Waals surface area contributed by atoms with Crippen LogP contribution in [-0.4, -0.2) is 9.97 Å². The van der Waals surface area contributed by atoms with Crippen molar-refractivity contribution in [3.8, 4) is 11.4 Å². The van der Waals surface area contributed by atoms with Crippen LogP contribution in [0.25, 0.3) is 11.4 Å². The van der Waals surface area contributed by atoms with Crippen LogP contribution in [0.2, 0.25) is 10.0 Å². The first-order valence-corrected chi connectivity index (χ1v) is 17.5. The molecular formula is C38H56Cl2N2Ru. The molecule has 5 heteroatoms. The predicted octanol–water partition coefficient (Wildman–Crippen LogP) is 13.2. The Hall–Kier alpha value is -1.28. The number of unbranched alkanes of at least 4 members (excludes halogenated alkanes) is 12. The molecule has 0 fully saturated rings. The van der Waals surface area contributed by atoms with Crippen LogP contribution in [0, 0.1) is 6.92 Å². The molecule has 0 unspecified atom stereocenters. The maximum absolute atomic E-state index is 6.06. The summed E-state index contributed by atoms with van der Waals surface area (Å²) in [4.78, 5) is 9.21. The van der Waals surface area contributed by atoms with Gasteiger partial charge in [0.15, 0.2) is 0 Å². The van der Waals surface area contributed by atoms with Gasteiger partial charge in [-0.2, -0.15) is 0 Å². The van der Waals surface area contributed by atoms with E-state index in [0.717, 1.165) is 35.4 Å². The Balaban J connectivity index is 0.000000596.